The van der Waals surface area contributed by atoms with Gasteiger partial charge in [0.25, 0.3) is 0 Å². The zero-order valence-corrected chi connectivity index (χ0v) is 10.6. The Labute approximate surface area is 102 Å². The van der Waals surface area contributed by atoms with Crippen molar-refractivity contribution in [2.75, 3.05) is 19.7 Å². The van der Waals surface area contributed by atoms with Crippen LogP contribution in [0.4, 0.5) is 0 Å². The maximum atomic E-state index is 11.5. The molecule has 2 rings (SSSR count). The van der Waals surface area contributed by atoms with Gasteiger partial charge in [0.2, 0.25) is 5.91 Å². The molecule has 1 saturated carbocycles. The molecule has 17 heavy (non-hydrogen) atoms. The molecule has 0 spiro atoms. The van der Waals surface area contributed by atoms with E-state index in [1.165, 1.54) is 12.8 Å². The summed E-state index contributed by atoms with van der Waals surface area (Å²) in [7, 11) is 0. The minimum atomic E-state index is -0.511. The Bertz CT molecular complexity index is 277. The predicted octanol–water partition coefficient (Wildman–Crippen LogP) is 0.396. The van der Waals surface area contributed by atoms with Crippen molar-refractivity contribution in [2.45, 2.75) is 51.0 Å². The first-order valence-electron chi connectivity index (χ1n) is 6.37. The van der Waals surface area contributed by atoms with Gasteiger partial charge in [0, 0.05) is 25.6 Å². The Morgan fingerprint density at radius 3 is 2.76 bits per heavy atom. The summed E-state index contributed by atoms with van der Waals surface area (Å²) in [4.78, 5) is 11.5. The minimum absolute atomic E-state index is 0.0228. The molecule has 1 aliphatic heterocycles. The third kappa shape index (κ3) is 4.61. The van der Waals surface area contributed by atoms with Crippen LogP contribution in [-0.4, -0.2) is 43.5 Å². The van der Waals surface area contributed by atoms with E-state index in [0.717, 1.165) is 6.54 Å². The van der Waals surface area contributed by atoms with Crippen LogP contribution in [0.15, 0.2) is 0 Å². The quantitative estimate of drug-likeness (QED) is 0.707. The molecule has 1 saturated heterocycles. The van der Waals surface area contributed by atoms with Gasteiger partial charge >= 0.3 is 0 Å². The molecule has 1 atom stereocenters. The fourth-order valence-electron chi connectivity index (χ4n) is 1.86. The van der Waals surface area contributed by atoms with Crippen molar-refractivity contribution in [1.29, 1.82) is 0 Å². The first-order chi connectivity index (χ1) is 8.05. The molecule has 0 aromatic carbocycles. The van der Waals surface area contributed by atoms with Gasteiger partial charge < -0.3 is 20.1 Å². The molecule has 2 fully saturated rings. The van der Waals surface area contributed by atoms with E-state index in [2.05, 4.69) is 10.6 Å². The van der Waals surface area contributed by atoms with Crippen molar-refractivity contribution in [3.05, 3.63) is 0 Å². The maximum Gasteiger partial charge on any atom is 0.221 e. The highest BCUT2D eigenvalue weighted by Gasteiger charge is 2.32. The number of carbonyl (C=O) groups is 1. The van der Waals surface area contributed by atoms with Gasteiger partial charge in [0.15, 0.2) is 5.79 Å². The van der Waals surface area contributed by atoms with Crippen LogP contribution in [0.25, 0.3) is 0 Å². The Morgan fingerprint density at radius 1 is 1.41 bits per heavy atom. The van der Waals surface area contributed by atoms with Crippen LogP contribution in [0.5, 0.6) is 0 Å². The second kappa shape index (κ2) is 5.33. The fourth-order valence-corrected chi connectivity index (χ4v) is 1.86. The van der Waals surface area contributed by atoms with Crippen molar-refractivity contribution in [2.24, 2.45) is 0 Å². The van der Waals surface area contributed by atoms with Gasteiger partial charge in [-0.3, -0.25) is 4.79 Å². The summed E-state index contributed by atoms with van der Waals surface area (Å²) < 4.78 is 11.0. The standard InChI is InChI=1S/C12H22N2O3/c1-12(2)16-8-10(17-12)7-14-11(15)5-6-13-9-3-4-9/h9-10,13H,3-8H2,1-2H3,(H,14,15). The summed E-state index contributed by atoms with van der Waals surface area (Å²) in [5.41, 5.74) is 0. The van der Waals surface area contributed by atoms with Crippen LogP contribution < -0.4 is 10.6 Å². The largest absolute Gasteiger partial charge is 0.353 e. The lowest BCUT2D eigenvalue weighted by Gasteiger charge is -2.17. The zero-order valence-electron chi connectivity index (χ0n) is 10.6. The molecule has 2 aliphatic rings. The van der Waals surface area contributed by atoms with E-state index in [-0.39, 0.29) is 12.0 Å². The maximum absolute atomic E-state index is 11.5. The van der Waals surface area contributed by atoms with E-state index in [9.17, 15) is 4.79 Å². The van der Waals surface area contributed by atoms with E-state index in [1.807, 2.05) is 13.8 Å². The molecular weight excluding hydrogens is 220 g/mol. The van der Waals surface area contributed by atoms with Gasteiger partial charge in [0.1, 0.15) is 6.10 Å². The number of nitrogens with one attached hydrogen (secondary N) is 2. The molecule has 5 nitrogen and oxygen atoms in total. The van der Waals surface area contributed by atoms with Crippen LogP contribution in [0.1, 0.15) is 33.1 Å². The van der Waals surface area contributed by atoms with Crippen molar-refractivity contribution in [1.82, 2.24) is 10.6 Å². The van der Waals surface area contributed by atoms with Crippen LogP contribution in [0.2, 0.25) is 0 Å². The number of amides is 1. The minimum Gasteiger partial charge on any atom is -0.353 e. The van der Waals surface area contributed by atoms with Gasteiger partial charge in [-0.1, -0.05) is 0 Å². The summed E-state index contributed by atoms with van der Waals surface area (Å²) >= 11 is 0. The molecule has 0 aromatic rings. The monoisotopic (exact) mass is 242 g/mol. The lowest BCUT2D eigenvalue weighted by atomic mass is 10.3. The average Bonchev–Trinajstić information content (AvgIpc) is 3.00. The number of ether oxygens (including phenoxy) is 2. The van der Waals surface area contributed by atoms with E-state index < -0.39 is 5.79 Å². The molecule has 1 unspecified atom stereocenters. The Morgan fingerprint density at radius 2 is 2.18 bits per heavy atom. The molecule has 1 heterocycles. The van der Waals surface area contributed by atoms with E-state index >= 15 is 0 Å². The van der Waals surface area contributed by atoms with Gasteiger partial charge in [-0.05, 0) is 26.7 Å². The molecule has 0 aromatic heterocycles. The van der Waals surface area contributed by atoms with Gasteiger partial charge in [-0.2, -0.15) is 0 Å². The van der Waals surface area contributed by atoms with Crippen molar-refractivity contribution in [3.63, 3.8) is 0 Å². The molecule has 2 N–H and O–H groups in total. The number of hydrogen-bond donors (Lipinski definition) is 2. The van der Waals surface area contributed by atoms with Crippen LogP contribution in [-0.2, 0) is 14.3 Å². The topological polar surface area (TPSA) is 59.6 Å². The molecule has 0 bridgehead atoms. The Balaban J connectivity index is 1.53. The average molecular weight is 242 g/mol. The van der Waals surface area contributed by atoms with E-state index in [1.54, 1.807) is 0 Å². The van der Waals surface area contributed by atoms with Gasteiger partial charge in [-0.25, -0.2) is 0 Å². The van der Waals surface area contributed by atoms with E-state index in [0.29, 0.717) is 25.6 Å². The number of hydrogen-bond acceptors (Lipinski definition) is 4. The fraction of sp³-hybridized carbons (Fsp3) is 0.917. The molecule has 5 heteroatoms. The van der Waals surface area contributed by atoms with Crippen LogP contribution >= 0.6 is 0 Å². The SMILES string of the molecule is CC1(C)OCC(CNC(=O)CCNC2CC2)O1. The lowest BCUT2D eigenvalue weighted by Crippen LogP contribution is -2.35. The van der Waals surface area contributed by atoms with Crippen LogP contribution in [0, 0.1) is 0 Å². The number of rotatable bonds is 6. The first kappa shape index (κ1) is 12.8. The molecule has 0 radical (unpaired) electrons. The first-order valence-corrected chi connectivity index (χ1v) is 6.37. The highest BCUT2D eigenvalue weighted by Crippen LogP contribution is 2.21. The summed E-state index contributed by atoms with van der Waals surface area (Å²) in [5.74, 6) is -0.436. The molecule has 1 amide bonds. The molecule has 1 aliphatic carbocycles. The second-order valence-corrected chi connectivity index (χ2v) is 5.23. The van der Waals surface area contributed by atoms with E-state index in [4.69, 9.17) is 9.47 Å². The number of carbonyl (C=O) groups excluding carboxylic acids is 1. The Hall–Kier alpha value is -0.650. The highest BCUT2D eigenvalue weighted by molar-refractivity contribution is 5.76. The summed E-state index contributed by atoms with van der Waals surface area (Å²) in [6, 6.07) is 0.662. The normalized spacial score (nSPS) is 27.1. The third-order valence-corrected chi connectivity index (χ3v) is 2.96. The molecule has 98 valence electrons. The van der Waals surface area contributed by atoms with Crippen LogP contribution in [0.3, 0.4) is 0 Å². The predicted molar refractivity (Wildman–Crippen MR) is 63.6 cm³/mol. The van der Waals surface area contributed by atoms with Gasteiger partial charge in [0.05, 0.1) is 6.61 Å². The van der Waals surface area contributed by atoms with Gasteiger partial charge in [-0.15, -0.1) is 0 Å². The summed E-state index contributed by atoms with van der Waals surface area (Å²) in [6.45, 7) is 5.62. The molecular formula is C12H22N2O3. The van der Waals surface area contributed by atoms with Crippen molar-refractivity contribution in [3.8, 4) is 0 Å². The summed E-state index contributed by atoms with van der Waals surface area (Å²) in [6.07, 6.45) is 3.02. The zero-order chi connectivity index (χ0) is 12.3. The summed E-state index contributed by atoms with van der Waals surface area (Å²) in [5, 5.41) is 6.18. The third-order valence-electron chi connectivity index (χ3n) is 2.96. The lowest BCUT2D eigenvalue weighted by molar-refractivity contribution is -0.139. The van der Waals surface area contributed by atoms with Crippen molar-refractivity contribution < 1.29 is 14.3 Å². The van der Waals surface area contributed by atoms with Crippen molar-refractivity contribution >= 4 is 5.91 Å². The smallest absolute Gasteiger partial charge is 0.221 e. The Kier molecular flexibility index (Phi) is 4.01. The highest BCUT2D eigenvalue weighted by atomic mass is 16.7. The second-order valence-electron chi connectivity index (χ2n) is 5.23.